The minimum absolute atomic E-state index is 0.131. The summed E-state index contributed by atoms with van der Waals surface area (Å²) in [7, 11) is 0. The van der Waals surface area contributed by atoms with E-state index in [0.717, 1.165) is 18.8 Å². The highest BCUT2D eigenvalue weighted by molar-refractivity contribution is 5.02. The van der Waals surface area contributed by atoms with Gasteiger partial charge in [0.05, 0.1) is 25.0 Å². The second-order valence-electron chi connectivity index (χ2n) is 4.34. The van der Waals surface area contributed by atoms with Gasteiger partial charge in [-0.15, -0.1) is 0 Å². The molecule has 1 saturated heterocycles. The maximum atomic E-state index is 9.92. The molecule has 2 rings (SSSR count). The Morgan fingerprint density at radius 3 is 3.12 bits per heavy atom. The predicted molar refractivity (Wildman–Crippen MR) is 60.1 cm³/mol. The van der Waals surface area contributed by atoms with Crippen LogP contribution in [-0.4, -0.2) is 31.0 Å². The van der Waals surface area contributed by atoms with Gasteiger partial charge in [0, 0.05) is 19.1 Å². The Bertz CT molecular complexity index is 293. The van der Waals surface area contributed by atoms with Crippen molar-refractivity contribution in [3.05, 3.63) is 24.2 Å². The largest absolute Gasteiger partial charge is 0.468 e. The van der Waals surface area contributed by atoms with Crippen molar-refractivity contribution in [3.8, 4) is 0 Å². The van der Waals surface area contributed by atoms with Crippen molar-refractivity contribution in [2.45, 2.75) is 25.5 Å². The number of ether oxygens (including phenoxy) is 1. The van der Waals surface area contributed by atoms with Gasteiger partial charge in [-0.25, -0.2) is 0 Å². The first-order chi connectivity index (χ1) is 7.77. The summed E-state index contributed by atoms with van der Waals surface area (Å²) in [6.45, 7) is 4.06. The molecule has 1 aliphatic rings. The van der Waals surface area contributed by atoms with E-state index in [1.165, 1.54) is 0 Å². The van der Waals surface area contributed by atoms with Crippen LogP contribution >= 0.6 is 0 Å². The number of hydrogen-bond acceptors (Lipinski definition) is 4. The molecular formula is C12H19NO3. The van der Waals surface area contributed by atoms with Crippen LogP contribution in [0, 0.1) is 5.92 Å². The Morgan fingerprint density at radius 2 is 2.50 bits per heavy atom. The lowest BCUT2D eigenvalue weighted by Crippen LogP contribution is -2.34. The van der Waals surface area contributed by atoms with Crippen LogP contribution in [0.3, 0.4) is 0 Å². The third-order valence-electron chi connectivity index (χ3n) is 3.11. The smallest absolute Gasteiger partial charge is 0.120 e. The van der Waals surface area contributed by atoms with Crippen molar-refractivity contribution in [3.63, 3.8) is 0 Å². The van der Waals surface area contributed by atoms with E-state index in [-0.39, 0.29) is 18.1 Å². The molecule has 4 nitrogen and oxygen atoms in total. The molecule has 90 valence electrons. The van der Waals surface area contributed by atoms with E-state index in [1.807, 2.05) is 19.1 Å². The number of nitrogens with one attached hydrogen (secondary N) is 1. The molecule has 0 aromatic carbocycles. The summed E-state index contributed by atoms with van der Waals surface area (Å²) in [4.78, 5) is 0. The lowest BCUT2D eigenvalue weighted by molar-refractivity contribution is 0.0882. The fraction of sp³-hybridized carbons (Fsp3) is 0.667. The highest BCUT2D eigenvalue weighted by Gasteiger charge is 2.24. The number of rotatable bonds is 5. The van der Waals surface area contributed by atoms with E-state index in [1.54, 1.807) is 6.26 Å². The van der Waals surface area contributed by atoms with Gasteiger partial charge in [0.25, 0.3) is 0 Å². The van der Waals surface area contributed by atoms with Gasteiger partial charge < -0.3 is 19.6 Å². The predicted octanol–water partition coefficient (Wildman–Crippen LogP) is 1.33. The maximum absolute atomic E-state index is 9.92. The van der Waals surface area contributed by atoms with Crippen molar-refractivity contribution < 1.29 is 14.3 Å². The molecule has 2 N–H and O–H groups in total. The Hall–Kier alpha value is -0.840. The van der Waals surface area contributed by atoms with Gasteiger partial charge in [-0.05, 0) is 25.5 Å². The van der Waals surface area contributed by atoms with Crippen LogP contribution in [0.25, 0.3) is 0 Å². The highest BCUT2D eigenvalue weighted by Crippen LogP contribution is 2.17. The van der Waals surface area contributed by atoms with Crippen molar-refractivity contribution in [1.82, 2.24) is 5.32 Å². The molecule has 1 aromatic rings. The maximum Gasteiger partial charge on any atom is 0.120 e. The third kappa shape index (κ3) is 2.84. The summed E-state index contributed by atoms with van der Waals surface area (Å²) in [6.07, 6.45) is 2.28. The lowest BCUT2D eigenvalue weighted by atomic mass is 10.0. The summed E-state index contributed by atoms with van der Waals surface area (Å²) in [6, 6.07) is 3.93. The Balaban J connectivity index is 1.74. The van der Waals surface area contributed by atoms with Crippen LogP contribution in [0.1, 0.15) is 25.1 Å². The molecule has 0 saturated carbocycles. The number of aliphatic hydroxyl groups excluding tert-OH is 1. The van der Waals surface area contributed by atoms with Crippen molar-refractivity contribution in [2.24, 2.45) is 5.92 Å². The standard InChI is InChI=1S/C12H19NO3/c1-9(12-3-2-5-16-12)13-7-11(14)10-4-6-15-8-10/h2-3,5,9-11,13-14H,4,6-8H2,1H3. The molecule has 0 aliphatic carbocycles. The fourth-order valence-corrected chi connectivity index (χ4v) is 1.96. The molecule has 1 aliphatic heterocycles. The minimum Gasteiger partial charge on any atom is -0.468 e. The van der Waals surface area contributed by atoms with E-state index >= 15 is 0 Å². The summed E-state index contributed by atoms with van der Waals surface area (Å²) in [5.41, 5.74) is 0. The molecular weight excluding hydrogens is 206 g/mol. The van der Waals surface area contributed by atoms with Crippen molar-refractivity contribution in [1.29, 1.82) is 0 Å². The van der Waals surface area contributed by atoms with Crippen molar-refractivity contribution >= 4 is 0 Å². The Labute approximate surface area is 95.6 Å². The van der Waals surface area contributed by atoms with Gasteiger partial charge in [0.1, 0.15) is 5.76 Å². The van der Waals surface area contributed by atoms with E-state index in [9.17, 15) is 5.11 Å². The monoisotopic (exact) mass is 225 g/mol. The van der Waals surface area contributed by atoms with E-state index in [2.05, 4.69) is 5.32 Å². The quantitative estimate of drug-likeness (QED) is 0.793. The molecule has 0 radical (unpaired) electrons. The van der Waals surface area contributed by atoms with Crippen LogP contribution < -0.4 is 5.32 Å². The van der Waals surface area contributed by atoms with Gasteiger partial charge in [-0.3, -0.25) is 0 Å². The average molecular weight is 225 g/mol. The number of furan rings is 1. The van der Waals surface area contributed by atoms with Crippen LogP contribution in [0.5, 0.6) is 0 Å². The zero-order valence-corrected chi connectivity index (χ0v) is 9.56. The molecule has 3 unspecified atom stereocenters. The molecule has 0 bridgehead atoms. The number of aliphatic hydroxyl groups is 1. The Morgan fingerprint density at radius 1 is 1.62 bits per heavy atom. The summed E-state index contributed by atoms with van der Waals surface area (Å²) in [5, 5.41) is 13.2. The zero-order valence-electron chi connectivity index (χ0n) is 9.56. The summed E-state index contributed by atoms with van der Waals surface area (Å²) in [5.74, 6) is 1.17. The first-order valence-corrected chi connectivity index (χ1v) is 5.80. The molecule has 2 heterocycles. The zero-order chi connectivity index (χ0) is 11.4. The van der Waals surface area contributed by atoms with Crippen LogP contribution in [0.15, 0.2) is 22.8 Å². The second kappa shape index (κ2) is 5.48. The number of hydrogen-bond donors (Lipinski definition) is 2. The van der Waals surface area contributed by atoms with E-state index in [4.69, 9.17) is 9.15 Å². The van der Waals surface area contributed by atoms with Gasteiger partial charge >= 0.3 is 0 Å². The van der Waals surface area contributed by atoms with Crippen LogP contribution in [-0.2, 0) is 4.74 Å². The van der Waals surface area contributed by atoms with Gasteiger partial charge in [-0.1, -0.05) is 0 Å². The van der Waals surface area contributed by atoms with Crippen LogP contribution in [0.2, 0.25) is 0 Å². The first kappa shape index (κ1) is 11.6. The summed E-state index contributed by atoms with van der Waals surface area (Å²) < 4.78 is 10.5. The van der Waals surface area contributed by atoms with E-state index < -0.39 is 0 Å². The topological polar surface area (TPSA) is 54.6 Å². The normalized spacial score (nSPS) is 24.5. The first-order valence-electron chi connectivity index (χ1n) is 5.80. The van der Waals surface area contributed by atoms with Crippen LogP contribution in [0.4, 0.5) is 0 Å². The van der Waals surface area contributed by atoms with Gasteiger partial charge in [-0.2, -0.15) is 0 Å². The molecule has 0 amide bonds. The molecule has 4 heteroatoms. The van der Waals surface area contributed by atoms with Gasteiger partial charge in [0.15, 0.2) is 0 Å². The third-order valence-corrected chi connectivity index (χ3v) is 3.11. The van der Waals surface area contributed by atoms with Gasteiger partial charge in [0.2, 0.25) is 0 Å². The van der Waals surface area contributed by atoms with Crippen molar-refractivity contribution in [2.75, 3.05) is 19.8 Å². The molecule has 16 heavy (non-hydrogen) atoms. The fourth-order valence-electron chi connectivity index (χ4n) is 1.96. The highest BCUT2D eigenvalue weighted by atomic mass is 16.5. The van der Waals surface area contributed by atoms with E-state index in [0.29, 0.717) is 13.2 Å². The molecule has 1 fully saturated rings. The molecule has 3 atom stereocenters. The lowest BCUT2D eigenvalue weighted by Gasteiger charge is -2.19. The Kier molecular flexibility index (Phi) is 3.98. The molecule has 0 spiro atoms. The second-order valence-corrected chi connectivity index (χ2v) is 4.34. The molecule has 1 aromatic heterocycles. The summed E-state index contributed by atoms with van der Waals surface area (Å²) >= 11 is 0. The minimum atomic E-state index is -0.333. The average Bonchev–Trinajstić information content (AvgIpc) is 2.95. The SMILES string of the molecule is CC(NCC(O)C1CCOC1)c1ccco1.